The summed E-state index contributed by atoms with van der Waals surface area (Å²) in [5.41, 5.74) is 11.6. The van der Waals surface area contributed by atoms with Crippen molar-refractivity contribution >= 4 is 6.48 Å². The van der Waals surface area contributed by atoms with Crippen molar-refractivity contribution in [1.82, 2.24) is 0 Å². The van der Waals surface area contributed by atoms with E-state index in [1.54, 1.807) is 15.3 Å². The number of fused-ring (bicyclic) bond motifs is 3. The van der Waals surface area contributed by atoms with Gasteiger partial charge in [-0.25, -0.2) is 0 Å². The summed E-state index contributed by atoms with van der Waals surface area (Å²) in [7, 11) is 0. The summed E-state index contributed by atoms with van der Waals surface area (Å²) in [6, 6.07) is 35.2. The first-order chi connectivity index (χ1) is 18.5. The van der Waals surface area contributed by atoms with Crippen molar-refractivity contribution in [2.24, 2.45) is 0 Å². The third-order valence-electron chi connectivity index (χ3n) is 8.19. The van der Waals surface area contributed by atoms with Crippen LogP contribution < -0.4 is 28.1 Å². The number of halogens is 2. The van der Waals surface area contributed by atoms with E-state index in [1.165, 1.54) is 38.9 Å². The molecule has 0 saturated heterocycles. The molecule has 4 aromatic carbocycles. The van der Waals surface area contributed by atoms with Gasteiger partial charge >= 0.3 is 237 Å². The molecule has 0 amide bonds. The van der Waals surface area contributed by atoms with Gasteiger partial charge in [0.1, 0.15) is 0 Å². The van der Waals surface area contributed by atoms with Gasteiger partial charge in [0.2, 0.25) is 0 Å². The molecule has 0 saturated carbocycles. The molecule has 40 heavy (non-hydrogen) atoms. The molecule has 0 bridgehead atoms. The zero-order valence-electron chi connectivity index (χ0n) is 23.7. The topological polar surface area (TPSA) is 0 Å². The molecule has 0 radical (unpaired) electrons. The van der Waals surface area contributed by atoms with E-state index in [4.69, 9.17) is 0 Å². The Morgan fingerprint density at radius 3 is 1.77 bits per heavy atom. The molecule has 3 heteroatoms. The molecule has 202 valence electrons. The van der Waals surface area contributed by atoms with Gasteiger partial charge in [0.25, 0.3) is 0 Å². The number of hydrogen-bond acceptors (Lipinski definition) is 0. The zero-order chi connectivity index (χ0) is 26.2. The average molecular weight is 643 g/mol. The molecule has 0 atom stereocenters. The fourth-order valence-corrected chi connectivity index (χ4v) is 13.9. The minimum atomic E-state index is -2.57. The molecule has 0 nitrogen and oxygen atoms in total. The summed E-state index contributed by atoms with van der Waals surface area (Å²) in [6.07, 6.45) is 9.23. The van der Waals surface area contributed by atoms with E-state index in [1.807, 2.05) is 0 Å². The Bertz CT molecular complexity index is 1530. The first-order valence-corrected chi connectivity index (χ1v) is 17.7. The van der Waals surface area contributed by atoms with Crippen LogP contribution in [0.5, 0.6) is 0 Å². The van der Waals surface area contributed by atoms with Crippen LogP contribution in [0.4, 0.5) is 0 Å². The first-order valence-electron chi connectivity index (χ1n) is 14.0. The van der Waals surface area contributed by atoms with Gasteiger partial charge in [-0.15, -0.1) is 0 Å². The van der Waals surface area contributed by atoms with Crippen molar-refractivity contribution in [2.45, 2.75) is 52.4 Å². The third kappa shape index (κ3) is 5.85. The Hall–Kier alpha value is -2.31. The van der Waals surface area contributed by atoms with Crippen molar-refractivity contribution < 1.29 is 46.1 Å². The number of benzene rings is 4. The number of rotatable bonds is 6. The molecule has 4 aromatic rings. The van der Waals surface area contributed by atoms with Gasteiger partial charge in [-0.1, -0.05) is 0 Å². The second-order valence-electron chi connectivity index (χ2n) is 11.3. The molecule has 6 rings (SSSR count). The van der Waals surface area contributed by atoms with Crippen LogP contribution in [0.25, 0.3) is 11.1 Å². The predicted octanol–water partition coefficient (Wildman–Crippen LogP) is 2.87. The van der Waals surface area contributed by atoms with E-state index in [9.17, 15) is 0 Å². The summed E-state index contributed by atoms with van der Waals surface area (Å²) in [5, 5.41) is 0. The fraction of sp³-hybridized carbons (Fsp3) is 0.216. The Kier molecular flexibility index (Phi) is 10.1. The summed E-state index contributed by atoms with van der Waals surface area (Å²) in [6.45, 7) is 9.13. The van der Waals surface area contributed by atoms with Gasteiger partial charge in [0.05, 0.1) is 0 Å². The molecule has 2 aliphatic rings. The van der Waals surface area contributed by atoms with E-state index >= 15 is 0 Å². The quantitative estimate of drug-likeness (QED) is 0.268. The van der Waals surface area contributed by atoms with E-state index < -0.39 is 21.3 Å². The van der Waals surface area contributed by atoms with Crippen LogP contribution in [0.1, 0.15) is 79.3 Å². The van der Waals surface area contributed by atoms with Crippen molar-refractivity contribution in [3.05, 3.63) is 146 Å². The van der Waals surface area contributed by atoms with Gasteiger partial charge in [-0.3, -0.25) is 0 Å². The van der Waals surface area contributed by atoms with E-state index in [2.05, 4.69) is 137 Å². The van der Waals surface area contributed by atoms with Crippen molar-refractivity contribution in [3.63, 3.8) is 0 Å². The van der Waals surface area contributed by atoms with Gasteiger partial charge in [0, 0.05) is 0 Å². The minimum absolute atomic E-state index is 0. The second-order valence-corrected chi connectivity index (χ2v) is 17.3. The van der Waals surface area contributed by atoms with Crippen LogP contribution in [0.2, 0.25) is 0 Å². The van der Waals surface area contributed by atoms with Crippen molar-refractivity contribution in [2.75, 3.05) is 0 Å². The van der Waals surface area contributed by atoms with Crippen LogP contribution in [0, 0.1) is 0 Å². The average Bonchev–Trinajstić information content (AvgIpc) is 3.60. The van der Waals surface area contributed by atoms with Gasteiger partial charge in [-0.05, 0) is 0 Å². The number of allylic oxidation sites excluding steroid dienone is 4. The Balaban J connectivity index is 0.00000185. The summed E-state index contributed by atoms with van der Waals surface area (Å²) < 4.78 is 4.93. The first kappa shape index (κ1) is 30.6. The predicted molar refractivity (Wildman–Crippen MR) is 160 cm³/mol. The van der Waals surface area contributed by atoms with E-state index in [0.29, 0.717) is 11.8 Å². The SMILES string of the molecule is CC(C)c1ccc([C](c2ccc(C(C)C)cc2)=[Zr+2]([C]2=CC=CC2)[c]2cccc3c2Cc2ccccc2-3)cc1.[Cl-].[Cl-]. The molecule has 0 N–H and O–H groups in total. The van der Waals surface area contributed by atoms with Crippen LogP contribution in [0.15, 0.2) is 113 Å². The van der Waals surface area contributed by atoms with Crippen LogP contribution in [-0.4, -0.2) is 3.21 Å². The monoisotopic (exact) mass is 640 g/mol. The Morgan fingerprint density at radius 2 is 1.23 bits per heavy atom. The van der Waals surface area contributed by atoms with E-state index in [0.717, 1.165) is 12.8 Å². The van der Waals surface area contributed by atoms with Crippen LogP contribution in [0.3, 0.4) is 0 Å². The fourth-order valence-electron chi connectivity index (χ4n) is 6.02. The molecule has 0 fully saturated rings. The molecule has 0 aliphatic heterocycles. The third-order valence-corrected chi connectivity index (χ3v) is 15.8. The van der Waals surface area contributed by atoms with Crippen molar-refractivity contribution in [3.8, 4) is 11.1 Å². The second kappa shape index (κ2) is 13.1. The van der Waals surface area contributed by atoms with Crippen molar-refractivity contribution in [1.29, 1.82) is 0 Å². The standard InChI is InChI=1S/C19H22.C13H9.C5H5.2ClH.Zr/c1-14(2)18-9-5-16(6-10-18)13-17-7-11-19(12-8-17)15(3)4;1-3-7-12-10(5-1)9-11-6-2-4-8-13(11)12;1-2-4-5-3-1;;;/h5-12,14-15H,1-4H3;1-5,7-8H,9H2;1-3H,4H2;2*1H;/q;;;;;+2/p-2. The Morgan fingerprint density at radius 1 is 0.650 bits per heavy atom. The van der Waals surface area contributed by atoms with Crippen LogP contribution in [-0.2, 0) is 27.7 Å². The maximum Gasteiger partial charge on any atom is -1.00 e. The normalized spacial score (nSPS) is 12.7. The molecular weight excluding hydrogens is 607 g/mol. The molecule has 0 spiro atoms. The zero-order valence-corrected chi connectivity index (χ0v) is 27.7. The largest absolute Gasteiger partial charge is 1.00 e. The molecular formula is C37H36Cl2Zr. The minimum Gasteiger partial charge on any atom is -1.00 e. The van der Waals surface area contributed by atoms with E-state index in [-0.39, 0.29) is 24.8 Å². The van der Waals surface area contributed by atoms with Gasteiger partial charge in [0.15, 0.2) is 0 Å². The Labute approximate surface area is 260 Å². The summed E-state index contributed by atoms with van der Waals surface area (Å²) in [5.74, 6) is 1.07. The maximum atomic E-state index is 2.48. The van der Waals surface area contributed by atoms with Gasteiger partial charge < -0.3 is 24.8 Å². The van der Waals surface area contributed by atoms with Crippen LogP contribution >= 0.6 is 0 Å². The molecule has 0 unspecified atom stereocenters. The molecule has 2 aliphatic carbocycles. The maximum absolute atomic E-state index is 2.57. The molecule has 0 heterocycles. The molecule has 0 aromatic heterocycles. The smallest absolute Gasteiger partial charge is 1.00 e. The summed E-state index contributed by atoms with van der Waals surface area (Å²) in [4.78, 5) is 0. The van der Waals surface area contributed by atoms with Gasteiger partial charge in [-0.2, -0.15) is 0 Å². The summed E-state index contributed by atoms with van der Waals surface area (Å²) >= 11 is -2.57. The number of hydrogen-bond donors (Lipinski definition) is 0.